The highest BCUT2D eigenvalue weighted by molar-refractivity contribution is 5.13. The first-order chi connectivity index (χ1) is 22.2. The Bertz CT molecular complexity index is 945. The van der Waals surface area contributed by atoms with Crippen LogP contribution in [0.15, 0.2) is 71.6 Å². The molecule has 0 spiro atoms. The molecule has 2 aliphatic carbocycles. The monoisotopic (exact) mass is 637 g/mol. The number of hydrogen-bond donors (Lipinski definition) is 1. The third-order valence-corrected chi connectivity index (χ3v) is 10.1. The first-order valence-corrected chi connectivity index (χ1v) is 19.5. The molecule has 0 amide bonds. The summed E-state index contributed by atoms with van der Waals surface area (Å²) in [5.41, 5.74) is 2.95. The van der Waals surface area contributed by atoms with Crippen molar-refractivity contribution in [1.82, 2.24) is 0 Å². The molecule has 0 aromatic carbocycles. The summed E-state index contributed by atoms with van der Waals surface area (Å²) in [7, 11) is 0. The number of ether oxygens (including phenoxy) is 1. The molecule has 7 atom stereocenters. The van der Waals surface area contributed by atoms with E-state index in [4.69, 9.17) is 4.74 Å². The fraction of sp³-hybridized carbons (Fsp3) is 0.727. The van der Waals surface area contributed by atoms with Gasteiger partial charge in [-0.25, -0.2) is 0 Å². The van der Waals surface area contributed by atoms with Gasteiger partial charge in [-0.15, -0.1) is 0 Å². The summed E-state index contributed by atoms with van der Waals surface area (Å²) in [5.74, 6) is 4.31. The highest BCUT2D eigenvalue weighted by atomic mass is 16.5. The molecule has 0 aromatic heterocycles. The van der Waals surface area contributed by atoms with E-state index in [1.165, 1.54) is 68.9 Å². The van der Waals surface area contributed by atoms with Crippen molar-refractivity contribution in [3.8, 4) is 0 Å². The second-order valence-corrected chi connectivity index (χ2v) is 14.5. The molecule has 2 aliphatic rings. The molecule has 2 rings (SSSR count). The lowest BCUT2D eigenvalue weighted by molar-refractivity contribution is 0.0772. The molecule has 264 valence electrons. The van der Waals surface area contributed by atoms with E-state index in [0.717, 1.165) is 62.5 Å². The van der Waals surface area contributed by atoms with Gasteiger partial charge in [0.15, 0.2) is 0 Å². The molecule has 2 nitrogen and oxygen atoms in total. The number of rotatable bonds is 20. The molecule has 1 N–H and O–H groups in total. The van der Waals surface area contributed by atoms with Crippen molar-refractivity contribution in [2.75, 3.05) is 0 Å². The van der Waals surface area contributed by atoms with E-state index in [1.807, 2.05) is 0 Å². The quantitative estimate of drug-likeness (QED) is 0.0818. The Kier molecular flexibility index (Phi) is 24.0. The second kappa shape index (κ2) is 26.2. The third-order valence-electron chi connectivity index (χ3n) is 10.1. The highest BCUT2D eigenvalue weighted by Crippen LogP contribution is 2.35. The molecular formula is C44H76O2. The minimum Gasteiger partial charge on any atom is -0.490 e. The molecule has 0 aliphatic heterocycles. The van der Waals surface area contributed by atoms with Gasteiger partial charge >= 0.3 is 0 Å². The Hall–Kier alpha value is -1.80. The topological polar surface area (TPSA) is 29.5 Å². The predicted molar refractivity (Wildman–Crippen MR) is 205 cm³/mol. The lowest BCUT2D eigenvalue weighted by Gasteiger charge is -2.30. The molecule has 0 fully saturated rings. The Morgan fingerprint density at radius 3 is 2.30 bits per heavy atom. The zero-order valence-electron chi connectivity index (χ0n) is 31.9. The number of unbranched alkanes of at least 4 members (excludes halogenated alkanes) is 2. The maximum Gasteiger partial charge on any atom is 0.115 e. The molecule has 0 saturated carbocycles. The molecule has 0 aromatic rings. The Labute approximate surface area is 287 Å². The predicted octanol–water partition coefficient (Wildman–Crippen LogP) is 13.7. The third kappa shape index (κ3) is 18.5. The largest absolute Gasteiger partial charge is 0.490 e. The summed E-state index contributed by atoms with van der Waals surface area (Å²) >= 11 is 0. The van der Waals surface area contributed by atoms with Crippen LogP contribution >= 0.6 is 0 Å². The van der Waals surface area contributed by atoms with Gasteiger partial charge in [-0.05, 0) is 134 Å². The average Bonchev–Trinajstić information content (AvgIpc) is 3.05. The van der Waals surface area contributed by atoms with Crippen LogP contribution in [-0.2, 0) is 4.74 Å². The minimum absolute atomic E-state index is 0.116. The van der Waals surface area contributed by atoms with Crippen LogP contribution in [0, 0.1) is 29.6 Å². The van der Waals surface area contributed by atoms with E-state index in [1.54, 1.807) is 0 Å². The van der Waals surface area contributed by atoms with Crippen LogP contribution in [0.25, 0.3) is 0 Å². The number of allylic oxidation sites excluding steroid dienone is 9. The van der Waals surface area contributed by atoms with Crippen molar-refractivity contribution >= 4 is 0 Å². The van der Waals surface area contributed by atoms with Gasteiger partial charge < -0.3 is 9.84 Å². The summed E-state index contributed by atoms with van der Waals surface area (Å²) in [6.45, 7) is 20.1. The zero-order chi connectivity index (χ0) is 34.2. The SMILES string of the molecule is C/C=C\C(=CCCC)OC(CCCC(O)C/C(=C\C)CC(C)CC1CC=CCC1CC)C(C)/C=C/C1CCC=C(C)C1.CCCC. The van der Waals surface area contributed by atoms with Crippen LogP contribution in [-0.4, -0.2) is 17.3 Å². The maximum absolute atomic E-state index is 11.1. The molecule has 0 heterocycles. The van der Waals surface area contributed by atoms with Crippen molar-refractivity contribution in [3.63, 3.8) is 0 Å². The van der Waals surface area contributed by atoms with Gasteiger partial charge in [0.25, 0.3) is 0 Å². The first-order valence-electron chi connectivity index (χ1n) is 19.5. The lowest BCUT2D eigenvalue weighted by Crippen LogP contribution is -2.21. The summed E-state index contributed by atoms with van der Waals surface area (Å²) in [6, 6.07) is 0. The van der Waals surface area contributed by atoms with Crippen LogP contribution in [0.5, 0.6) is 0 Å². The summed E-state index contributed by atoms with van der Waals surface area (Å²) in [6.07, 6.45) is 38.7. The van der Waals surface area contributed by atoms with Crippen LogP contribution in [0.4, 0.5) is 0 Å². The lowest BCUT2D eigenvalue weighted by atomic mass is 9.75. The first kappa shape index (κ1) is 42.2. The van der Waals surface area contributed by atoms with Crippen LogP contribution < -0.4 is 0 Å². The summed E-state index contributed by atoms with van der Waals surface area (Å²) in [5, 5.41) is 11.1. The fourth-order valence-corrected chi connectivity index (χ4v) is 7.02. The van der Waals surface area contributed by atoms with Crippen molar-refractivity contribution in [3.05, 3.63) is 71.6 Å². The average molecular weight is 637 g/mol. The summed E-state index contributed by atoms with van der Waals surface area (Å²) in [4.78, 5) is 0. The van der Waals surface area contributed by atoms with E-state index in [0.29, 0.717) is 17.8 Å². The second-order valence-electron chi connectivity index (χ2n) is 14.5. The molecule has 46 heavy (non-hydrogen) atoms. The van der Waals surface area contributed by atoms with Gasteiger partial charge in [0, 0.05) is 5.92 Å². The molecule has 0 bridgehead atoms. The van der Waals surface area contributed by atoms with Gasteiger partial charge in [0.1, 0.15) is 11.9 Å². The number of aliphatic hydroxyl groups is 1. The van der Waals surface area contributed by atoms with Gasteiger partial charge in [0.2, 0.25) is 0 Å². The van der Waals surface area contributed by atoms with Crippen molar-refractivity contribution in [1.29, 1.82) is 0 Å². The van der Waals surface area contributed by atoms with E-state index in [-0.39, 0.29) is 12.2 Å². The van der Waals surface area contributed by atoms with Crippen LogP contribution in [0.1, 0.15) is 165 Å². The van der Waals surface area contributed by atoms with Gasteiger partial charge in [-0.2, -0.15) is 0 Å². The maximum atomic E-state index is 11.1. The number of aliphatic hydroxyl groups excluding tert-OH is 1. The van der Waals surface area contributed by atoms with E-state index in [2.05, 4.69) is 117 Å². The molecule has 0 saturated heterocycles. The van der Waals surface area contributed by atoms with E-state index in [9.17, 15) is 5.11 Å². The Morgan fingerprint density at radius 1 is 0.978 bits per heavy atom. The molecule has 7 unspecified atom stereocenters. The van der Waals surface area contributed by atoms with Gasteiger partial charge in [-0.1, -0.05) is 121 Å². The Morgan fingerprint density at radius 2 is 1.70 bits per heavy atom. The zero-order valence-corrected chi connectivity index (χ0v) is 31.9. The Balaban J connectivity index is 0.00000249. The van der Waals surface area contributed by atoms with Crippen molar-refractivity contribution < 1.29 is 9.84 Å². The standard InChI is InChI=1S/C40H66O2.C4H10/c1-8-12-23-39(17-9-2)42-40(33(7)25-26-35-19-15-18-31(5)27-35)24-16-22-38(41)30-34(10-3)28-32(6)29-37-21-14-13-20-36(37)11-4;1-3-4-2/h9-10,13-14,17-18,23,25-26,32-33,35-38,40-41H,8,11-12,15-16,19-22,24,27-30H2,1-7H3;3-4H2,1-2H3/b17-9-,26-25+,34-10-,39-23?;. The van der Waals surface area contributed by atoms with Gasteiger partial charge in [0.05, 0.1) is 6.10 Å². The summed E-state index contributed by atoms with van der Waals surface area (Å²) < 4.78 is 6.66. The number of hydrogen-bond acceptors (Lipinski definition) is 2. The molecular weight excluding hydrogens is 560 g/mol. The minimum atomic E-state index is -0.279. The van der Waals surface area contributed by atoms with Crippen LogP contribution in [0.2, 0.25) is 0 Å². The molecule has 2 heteroatoms. The van der Waals surface area contributed by atoms with Crippen molar-refractivity contribution in [2.45, 2.75) is 177 Å². The van der Waals surface area contributed by atoms with Crippen LogP contribution in [0.3, 0.4) is 0 Å². The smallest absolute Gasteiger partial charge is 0.115 e. The molecule has 0 radical (unpaired) electrons. The van der Waals surface area contributed by atoms with Crippen molar-refractivity contribution in [2.24, 2.45) is 29.6 Å². The fourth-order valence-electron chi connectivity index (χ4n) is 7.02. The highest BCUT2D eigenvalue weighted by Gasteiger charge is 2.24. The normalized spacial score (nSPS) is 23.5. The van der Waals surface area contributed by atoms with E-state index >= 15 is 0 Å². The van der Waals surface area contributed by atoms with E-state index < -0.39 is 0 Å². The van der Waals surface area contributed by atoms with Gasteiger partial charge in [-0.3, -0.25) is 0 Å².